The summed E-state index contributed by atoms with van der Waals surface area (Å²) in [6.45, 7) is 4.24. The molecule has 1 aromatic rings. The summed E-state index contributed by atoms with van der Waals surface area (Å²) in [6, 6.07) is 10.6. The zero-order valence-corrected chi connectivity index (χ0v) is 9.12. The largest absolute Gasteiger partial charge is 0.447 e. The third kappa shape index (κ3) is 5.05. The molecule has 0 unspecified atom stereocenters. The van der Waals surface area contributed by atoms with Gasteiger partial charge in [-0.1, -0.05) is 24.3 Å². The Balaban J connectivity index is 2.19. The van der Waals surface area contributed by atoms with E-state index in [1.807, 2.05) is 38.1 Å². The fourth-order valence-corrected chi connectivity index (χ4v) is 1.15. The van der Waals surface area contributed by atoms with Gasteiger partial charge in [-0.3, -0.25) is 0 Å². The van der Waals surface area contributed by atoms with Crippen LogP contribution in [0, 0.1) is 6.07 Å². The molecule has 3 nitrogen and oxygen atoms in total. The predicted molar refractivity (Wildman–Crippen MR) is 58.6 cm³/mol. The van der Waals surface area contributed by atoms with Crippen LogP contribution in [0.1, 0.15) is 19.4 Å². The van der Waals surface area contributed by atoms with Crippen LogP contribution in [0.2, 0.25) is 0 Å². The number of rotatable bonds is 4. The maximum Gasteiger partial charge on any atom is 0.407 e. The van der Waals surface area contributed by atoms with Gasteiger partial charge in [0, 0.05) is 6.54 Å². The van der Waals surface area contributed by atoms with Gasteiger partial charge in [-0.05, 0) is 31.9 Å². The highest BCUT2D eigenvalue weighted by Gasteiger charge is 2.03. The molecule has 0 aliphatic rings. The first-order valence-corrected chi connectivity index (χ1v) is 5.08. The maximum absolute atomic E-state index is 11.1. The molecular formula is C12H16NO2. The van der Waals surface area contributed by atoms with E-state index in [-0.39, 0.29) is 12.2 Å². The van der Waals surface area contributed by atoms with Crippen molar-refractivity contribution in [3.05, 3.63) is 35.9 Å². The molecule has 0 aliphatic heterocycles. The lowest BCUT2D eigenvalue weighted by Crippen LogP contribution is -2.28. The fourth-order valence-electron chi connectivity index (χ4n) is 1.15. The molecule has 1 aromatic carbocycles. The lowest BCUT2D eigenvalue weighted by atomic mass is 10.1. The van der Waals surface area contributed by atoms with E-state index in [0.717, 1.165) is 6.42 Å². The molecule has 0 fully saturated rings. The minimum absolute atomic E-state index is 0.0728. The van der Waals surface area contributed by atoms with Gasteiger partial charge in [0.05, 0.1) is 6.10 Å². The van der Waals surface area contributed by atoms with Crippen LogP contribution in [-0.2, 0) is 11.2 Å². The highest BCUT2D eigenvalue weighted by atomic mass is 16.6. The van der Waals surface area contributed by atoms with Crippen molar-refractivity contribution in [2.24, 2.45) is 0 Å². The Hall–Kier alpha value is -1.51. The lowest BCUT2D eigenvalue weighted by Gasteiger charge is -2.09. The summed E-state index contributed by atoms with van der Waals surface area (Å²) < 4.78 is 4.93. The van der Waals surface area contributed by atoms with Crippen molar-refractivity contribution >= 4 is 6.09 Å². The van der Waals surface area contributed by atoms with Gasteiger partial charge < -0.3 is 10.1 Å². The summed E-state index contributed by atoms with van der Waals surface area (Å²) in [4.78, 5) is 11.1. The Labute approximate surface area is 90.4 Å². The number of carbonyl (C=O) groups excluding carboxylic acids is 1. The second-order valence-corrected chi connectivity index (χ2v) is 3.54. The topological polar surface area (TPSA) is 38.3 Å². The van der Waals surface area contributed by atoms with Crippen molar-refractivity contribution in [1.29, 1.82) is 0 Å². The number of hydrogen-bond donors (Lipinski definition) is 1. The Bertz CT molecular complexity index is 296. The number of nitrogens with one attached hydrogen (secondary N) is 1. The van der Waals surface area contributed by atoms with Crippen LogP contribution in [0.4, 0.5) is 4.79 Å². The summed E-state index contributed by atoms with van der Waals surface area (Å²) >= 11 is 0. The minimum atomic E-state index is -0.354. The van der Waals surface area contributed by atoms with Crippen molar-refractivity contribution in [1.82, 2.24) is 5.32 Å². The Morgan fingerprint density at radius 1 is 1.47 bits per heavy atom. The van der Waals surface area contributed by atoms with Crippen LogP contribution >= 0.6 is 0 Å². The van der Waals surface area contributed by atoms with E-state index in [4.69, 9.17) is 4.74 Å². The molecule has 0 aromatic heterocycles. The van der Waals surface area contributed by atoms with E-state index in [2.05, 4.69) is 11.4 Å². The zero-order chi connectivity index (χ0) is 11.1. The molecule has 0 atom stereocenters. The molecule has 0 heterocycles. The maximum atomic E-state index is 11.1. The quantitative estimate of drug-likeness (QED) is 0.819. The van der Waals surface area contributed by atoms with E-state index < -0.39 is 0 Å². The van der Waals surface area contributed by atoms with Crippen LogP contribution in [0.5, 0.6) is 0 Å². The molecular weight excluding hydrogens is 190 g/mol. The highest BCUT2D eigenvalue weighted by Crippen LogP contribution is 1.98. The monoisotopic (exact) mass is 206 g/mol. The van der Waals surface area contributed by atoms with Crippen molar-refractivity contribution in [2.75, 3.05) is 6.54 Å². The molecule has 1 amide bonds. The van der Waals surface area contributed by atoms with Crippen molar-refractivity contribution < 1.29 is 9.53 Å². The third-order valence-corrected chi connectivity index (χ3v) is 1.81. The normalized spacial score (nSPS) is 10.1. The van der Waals surface area contributed by atoms with Gasteiger partial charge in [0.2, 0.25) is 0 Å². The summed E-state index contributed by atoms with van der Waals surface area (Å²) in [5, 5.41) is 2.69. The Morgan fingerprint density at radius 3 is 2.73 bits per heavy atom. The smallest absolute Gasteiger partial charge is 0.407 e. The minimum Gasteiger partial charge on any atom is -0.447 e. The molecule has 0 aliphatic carbocycles. The van der Waals surface area contributed by atoms with Crippen LogP contribution in [-0.4, -0.2) is 18.7 Å². The number of alkyl carbamates (subject to hydrolysis) is 1. The zero-order valence-electron chi connectivity index (χ0n) is 9.12. The lowest BCUT2D eigenvalue weighted by molar-refractivity contribution is 0.116. The standard InChI is InChI=1S/C12H16NO2/c1-10(2)15-12(14)13-9-8-11-6-4-3-5-7-11/h4-7,10H,8-9H2,1-2H3,(H,13,14). The molecule has 0 spiro atoms. The molecule has 81 valence electrons. The molecule has 0 saturated carbocycles. The molecule has 1 radical (unpaired) electrons. The van der Waals surface area contributed by atoms with Gasteiger partial charge in [-0.15, -0.1) is 0 Å². The first-order chi connectivity index (χ1) is 7.18. The molecule has 0 saturated heterocycles. The van der Waals surface area contributed by atoms with Crippen LogP contribution in [0.25, 0.3) is 0 Å². The number of hydrogen-bond acceptors (Lipinski definition) is 2. The van der Waals surface area contributed by atoms with Gasteiger partial charge in [0.1, 0.15) is 0 Å². The van der Waals surface area contributed by atoms with Gasteiger partial charge in [0.25, 0.3) is 0 Å². The third-order valence-electron chi connectivity index (χ3n) is 1.81. The van der Waals surface area contributed by atoms with Crippen LogP contribution in [0.15, 0.2) is 24.3 Å². The molecule has 0 bridgehead atoms. The van der Waals surface area contributed by atoms with Gasteiger partial charge in [0.15, 0.2) is 0 Å². The van der Waals surface area contributed by atoms with Crippen molar-refractivity contribution in [3.8, 4) is 0 Å². The summed E-state index contributed by atoms with van der Waals surface area (Å²) in [5.74, 6) is 0. The van der Waals surface area contributed by atoms with Crippen molar-refractivity contribution in [2.45, 2.75) is 26.4 Å². The molecule has 15 heavy (non-hydrogen) atoms. The van der Waals surface area contributed by atoms with Gasteiger partial charge >= 0.3 is 6.09 Å². The number of ether oxygens (including phenoxy) is 1. The van der Waals surface area contributed by atoms with Gasteiger partial charge in [-0.2, -0.15) is 0 Å². The average Bonchev–Trinajstić information content (AvgIpc) is 2.18. The van der Waals surface area contributed by atoms with Crippen molar-refractivity contribution in [3.63, 3.8) is 0 Å². The molecule has 1 N–H and O–H groups in total. The van der Waals surface area contributed by atoms with E-state index in [1.54, 1.807) is 0 Å². The predicted octanol–water partition coefficient (Wildman–Crippen LogP) is 2.16. The Kier molecular flexibility index (Phi) is 4.68. The van der Waals surface area contributed by atoms with E-state index >= 15 is 0 Å². The second-order valence-electron chi connectivity index (χ2n) is 3.54. The van der Waals surface area contributed by atoms with Crippen LogP contribution in [0.3, 0.4) is 0 Å². The molecule has 3 heteroatoms. The first kappa shape index (κ1) is 11.6. The SMILES string of the molecule is CC(C)OC(=O)NCCc1cc[c]cc1. The van der Waals surface area contributed by atoms with E-state index in [9.17, 15) is 4.79 Å². The van der Waals surface area contributed by atoms with E-state index in [0.29, 0.717) is 6.54 Å². The van der Waals surface area contributed by atoms with E-state index in [1.165, 1.54) is 5.56 Å². The average molecular weight is 206 g/mol. The summed E-state index contributed by atoms with van der Waals surface area (Å²) in [6.07, 6.45) is 0.380. The highest BCUT2D eigenvalue weighted by molar-refractivity contribution is 5.67. The van der Waals surface area contributed by atoms with Crippen LogP contribution < -0.4 is 5.32 Å². The number of carbonyl (C=O) groups is 1. The molecule has 1 rings (SSSR count). The second kappa shape index (κ2) is 6.06. The number of amides is 1. The summed E-state index contributed by atoms with van der Waals surface area (Å²) in [5.41, 5.74) is 1.18. The number of benzene rings is 1. The summed E-state index contributed by atoms with van der Waals surface area (Å²) in [7, 11) is 0. The van der Waals surface area contributed by atoms with Gasteiger partial charge in [-0.25, -0.2) is 4.79 Å². The Morgan fingerprint density at radius 2 is 2.13 bits per heavy atom. The first-order valence-electron chi connectivity index (χ1n) is 5.08. The fraction of sp³-hybridized carbons (Fsp3) is 0.417.